The van der Waals surface area contributed by atoms with Gasteiger partial charge in [-0.1, -0.05) is 6.92 Å². The Balaban J connectivity index is 2.00. The molecule has 0 aromatic heterocycles. The van der Waals surface area contributed by atoms with Crippen LogP contribution in [-0.4, -0.2) is 35.7 Å². The lowest BCUT2D eigenvalue weighted by Crippen LogP contribution is -2.38. The summed E-state index contributed by atoms with van der Waals surface area (Å²) >= 11 is 0. The van der Waals surface area contributed by atoms with Crippen molar-refractivity contribution in [2.24, 2.45) is 0 Å². The monoisotopic (exact) mass is 248 g/mol. The molecule has 3 heteroatoms. The summed E-state index contributed by atoms with van der Waals surface area (Å²) in [7, 11) is 0. The third-order valence-electron chi connectivity index (χ3n) is 3.94. The van der Waals surface area contributed by atoms with E-state index in [1.807, 2.05) is 19.9 Å². The fourth-order valence-electron chi connectivity index (χ4n) is 2.57. The van der Waals surface area contributed by atoms with E-state index in [4.69, 9.17) is 0 Å². The van der Waals surface area contributed by atoms with Crippen molar-refractivity contribution in [1.29, 1.82) is 0 Å². The Morgan fingerprint density at radius 2 is 1.89 bits per heavy atom. The molecule has 2 N–H and O–H groups in total. The quantitative estimate of drug-likeness (QED) is 0.807. The topological polar surface area (TPSA) is 35.5 Å². The third-order valence-corrected chi connectivity index (χ3v) is 3.94. The van der Waals surface area contributed by atoms with Crippen LogP contribution in [0, 0.1) is 13.8 Å². The molecule has 1 aromatic rings. The molecule has 0 radical (unpaired) electrons. The van der Waals surface area contributed by atoms with E-state index in [1.54, 1.807) is 0 Å². The van der Waals surface area contributed by atoms with Crippen molar-refractivity contribution in [3.8, 4) is 5.75 Å². The molecule has 0 spiro atoms. The second-order valence-electron chi connectivity index (χ2n) is 5.31. The molecule has 18 heavy (non-hydrogen) atoms. The van der Waals surface area contributed by atoms with Crippen molar-refractivity contribution in [3.63, 3.8) is 0 Å². The molecule has 0 atom stereocenters. The van der Waals surface area contributed by atoms with Crippen molar-refractivity contribution in [1.82, 2.24) is 4.90 Å². The van der Waals surface area contributed by atoms with Crippen LogP contribution in [0.15, 0.2) is 12.1 Å². The van der Waals surface area contributed by atoms with Gasteiger partial charge >= 0.3 is 0 Å². The molecule has 1 aromatic carbocycles. The van der Waals surface area contributed by atoms with Crippen LogP contribution in [0.1, 0.15) is 30.9 Å². The van der Waals surface area contributed by atoms with E-state index in [1.165, 1.54) is 31.6 Å². The first-order valence-corrected chi connectivity index (χ1v) is 6.89. The third kappa shape index (κ3) is 2.96. The molecule has 0 bridgehead atoms. The summed E-state index contributed by atoms with van der Waals surface area (Å²) in [5.74, 6) is 0.388. The molecular formula is C15H24N2O. The van der Waals surface area contributed by atoms with Gasteiger partial charge in [0.1, 0.15) is 5.75 Å². The van der Waals surface area contributed by atoms with Gasteiger partial charge < -0.3 is 15.3 Å². The molecule has 1 fully saturated rings. The van der Waals surface area contributed by atoms with E-state index in [2.05, 4.69) is 23.2 Å². The molecule has 0 unspecified atom stereocenters. The zero-order valence-corrected chi connectivity index (χ0v) is 11.7. The normalized spacial score (nSPS) is 17.9. The minimum absolute atomic E-state index is 0.388. The highest BCUT2D eigenvalue weighted by Gasteiger charge is 2.18. The number of aromatic hydroxyl groups is 1. The number of phenols is 1. The smallest absolute Gasteiger partial charge is 0.118 e. The summed E-state index contributed by atoms with van der Waals surface area (Å²) in [6.07, 6.45) is 2.40. The minimum Gasteiger partial charge on any atom is -0.508 e. The summed E-state index contributed by atoms with van der Waals surface area (Å²) in [5.41, 5.74) is 3.23. The molecule has 1 aliphatic rings. The van der Waals surface area contributed by atoms with Crippen molar-refractivity contribution in [2.75, 3.05) is 25.0 Å². The lowest BCUT2D eigenvalue weighted by Gasteiger charge is -2.32. The van der Waals surface area contributed by atoms with Crippen LogP contribution in [0.4, 0.5) is 5.69 Å². The molecule has 1 aliphatic heterocycles. The second kappa shape index (κ2) is 5.61. The SMILES string of the molecule is CCN1CCC(Nc2cc(C)c(O)cc2C)CC1. The van der Waals surface area contributed by atoms with Gasteiger partial charge in [0, 0.05) is 24.8 Å². The summed E-state index contributed by atoms with van der Waals surface area (Å²) in [6, 6.07) is 4.46. The Hall–Kier alpha value is -1.22. The van der Waals surface area contributed by atoms with Crippen LogP contribution in [0.3, 0.4) is 0 Å². The van der Waals surface area contributed by atoms with Gasteiger partial charge in [0.25, 0.3) is 0 Å². The average molecular weight is 248 g/mol. The number of rotatable bonds is 3. The van der Waals surface area contributed by atoms with E-state index < -0.39 is 0 Å². The number of nitrogens with one attached hydrogen (secondary N) is 1. The fourth-order valence-corrected chi connectivity index (χ4v) is 2.57. The van der Waals surface area contributed by atoms with Crippen LogP contribution >= 0.6 is 0 Å². The van der Waals surface area contributed by atoms with Crippen molar-refractivity contribution < 1.29 is 5.11 Å². The van der Waals surface area contributed by atoms with Gasteiger partial charge in [0.15, 0.2) is 0 Å². The Kier molecular flexibility index (Phi) is 4.12. The van der Waals surface area contributed by atoms with Crippen LogP contribution in [0.2, 0.25) is 0 Å². The van der Waals surface area contributed by atoms with Crippen molar-refractivity contribution in [2.45, 2.75) is 39.7 Å². The molecule has 0 aliphatic carbocycles. The first kappa shape index (κ1) is 13.2. The van der Waals surface area contributed by atoms with E-state index in [0.717, 1.165) is 17.7 Å². The maximum atomic E-state index is 9.66. The molecule has 2 rings (SSSR count). The molecule has 0 saturated carbocycles. The number of benzene rings is 1. The lowest BCUT2D eigenvalue weighted by molar-refractivity contribution is 0.229. The predicted molar refractivity (Wildman–Crippen MR) is 76.3 cm³/mol. The second-order valence-corrected chi connectivity index (χ2v) is 5.31. The number of anilines is 1. The number of nitrogens with zero attached hydrogens (tertiary/aromatic N) is 1. The standard InChI is InChI=1S/C15H24N2O/c1-4-17-7-5-13(6-8-17)16-14-9-12(3)15(18)10-11(14)2/h9-10,13,16,18H,4-8H2,1-3H3. The highest BCUT2D eigenvalue weighted by atomic mass is 16.3. The van der Waals surface area contributed by atoms with Crippen LogP contribution in [-0.2, 0) is 0 Å². The summed E-state index contributed by atoms with van der Waals surface area (Å²) in [5, 5.41) is 13.3. The Bertz CT molecular complexity index is 409. The first-order chi connectivity index (χ1) is 8.60. The molecule has 0 amide bonds. The highest BCUT2D eigenvalue weighted by molar-refractivity contribution is 5.57. The first-order valence-electron chi connectivity index (χ1n) is 6.89. The Labute approximate surface area is 110 Å². The van der Waals surface area contributed by atoms with Gasteiger partial charge in [-0.15, -0.1) is 0 Å². The van der Waals surface area contributed by atoms with Gasteiger partial charge in [-0.25, -0.2) is 0 Å². The zero-order valence-electron chi connectivity index (χ0n) is 11.7. The molecule has 100 valence electrons. The maximum Gasteiger partial charge on any atom is 0.118 e. The molecular weight excluding hydrogens is 224 g/mol. The number of piperidine rings is 1. The van der Waals surface area contributed by atoms with E-state index in [0.29, 0.717) is 11.8 Å². The Morgan fingerprint density at radius 3 is 2.50 bits per heavy atom. The molecule has 1 saturated heterocycles. The van der Waals surface area contributed by atoms with Crippen LogP contribution in [0.25, 0.3) is 0 Å². The van der Waals surface area contributed by atoms with E-state index >= 15 is 0 Å². The molecule has 1 heterocycles. The minimum atomic E-state index is 0.388. The van der Waals surface area contributed by atoms with Gasteiger partial charge in [0.05, 0.1) is 0 Å². The number of aryl methyl sites for hydroxylation is 2. The summed E-state index contributed by atoms with van der Waals surface area (Å²) < 4.78 is 0. The Morgan fingerprint density at radius 1 is 1.22 bits per heavy atom. The van der Waals surface area contributed by atoms with Gasteiger partial charge in [-0.2, -0.15) is 0 Å². The van der Waals surface area contributed by atoms with Gasteiger partial charge in [-0.05, 0) is 56.5 Å². The number of hydrogen-bond acceptors (Lipinski definition) is 3. The highest BCUT2D eigenvalue weighted by Crippen LogP contribution is 2.26. The van der Waals surface area contributed by atoms with Gasteiger partial charge in [-0.3, -0.25) is 0 Å². The summed E-state index contributed by atoms with van der Waals surface area (Å²) in [6.45, 7) is 9.74. The fraction of sp³-hybridized carbons (Fsp3) is 0.600. The molecule has 3 nitrogen and oxygen atoms in total. The number of phenolic OH excluding ortho intramolecular Hbond substituents is 1. The zero-order chi connectivity index (χ0) is 13.1. The van der Waals surface area contributed by atoms with Crippen LogP contribution < -0.4 is 5.32 Å². The lowest BCUT2D eigenvalue weighted by atomic mass is 10.0. The summed E-state index contributed by atoms with van der Waals surface area (Å²) in [4.78, 5) is 2.49. The predicted octanol–water partition coefficient (Wildman–Crippen LogP) is 2.91. The van der Waals surface area contributed by atoms with Gasteiger partial charge in [0.2, 0.25) is 0 Å². The number of likely N-dealkylation sites (tertiary alicyclic amines) is 1. The van der Waals surface area contributed by atoms with E-state index in [9.17, 15) is 5.11 Å². The van der Waals surface area contributed by atoms with Crippen molar-refractivity contribution >= 4 is 5.69 Å². The van der Waals surface area contributed by atoms with E-state index in [-0.39, 0.29) is 0 Å². The number of hydrogen-bond donors (Lipinski definition) is 2. The van der Waals surface area contributed by atoms with Crippen molar-refractivity contribution in [3.05, 3.63) is 23.3 Å². The van der Waals surface area contributed by atoms with Crippen LogP contribution in [0.5, 0.6) is 5.75 Å². The maximum absolute atomic E-state index is 9.66. The average Bonchev–Trinajstić information content (AvgIpc) is 2.37. The largest absolute Gasteiger partial charge is 0.508 e.